The second-order valence-corrected chi connectivity index (χ2v) is 8.42. The number of nitrogens with zero attached hydrogens (tertiary/aromatic N) is 2. The standard InChI is InChI=1S/C27H42N2/c1-4-5-6-7-8-9-10-11-12-18-23-29(28(2)3)27-22-17-16-21-26(27)24-25-19-14-13-15-20-25/h13-17,19-20,22,24H,4-12,18,21,23H2,1-3H3. The van der Waals surface area contributed by atoms with E-state index in [1.807, 2.05) is 0 Å². The van der Waals surface area contributed by atoms with Crippen LogP contribution in [0.1, 0.15) is 83.1 Å². The fraction of sp³-hybridized carbons (Fsp3) is 0.556. The van der Waals surface area contributed by atoms with Crippen LogP contribution in [0.4, 0.5) is 0 Å². The minimum Gasteiger partial charge on any atom is -0.306 e. The lowest BCUT2D eigenvalue weighted by atomic mass is 10.00. The monoisotopic (exact) mass is 394 g/mol. The summed E-state index contributed by atoms with van der Waals surface area (Å²) in [5, 5.41) is 4.70. The lowest BCUT2D eigenvalue weighted by Crippen LogP contribution is -2.37. The Morgan fingerprint density at radius 3 is 2.07 bits per heavy atom. The Balaban J connectivity index is 1.80. The molecule has 0 radical (unpaired) electrons. The molecule has 0 saturated carbocycles. The van der Waals surface area contributed by atoms with Gasteiger partial charge in [0, 0.05) is 20.6 Å². The van der Waals surface area contributed by atoms with E-state index in [1.165, 1.54) is 81.0 Å². The molecule has 2 rings (SSSR count). The van der Waals surface area contributed by atoms with Crippen LogP contribution in [0.15, 0.2) is 59.8 Å². The van der Waals surface area contributed by atoms with Gasteiger partial charge in [0.1, 0.15) is 0 Å². The highest BCUT2D eigenvalue weighted by Gasteiger charge is 2.16. The third kappa shape index (κ3) is 9.04. The third-order valence-corrected chi connectivity index (χ3v) is 5.68. The Morgan fingerprint density at radius 2 is 1.45 bits per heavy atom. The summed E-state index contributed by atoms with van der Waals surface area (Å²) >= 11 is 0. The van der Waals surface area contributed by atoms with Crippen molar-refractivity contribution in [3.63, 3.8) is 0 Å². The van der Waals surface area contributed by atoms with Crippen molar-refractivity contribution in [2.75, 3.05) is 20.6 Å². The van der Waals surface area contributed by atoms with Crippen molar-refractivity contribution in [1.29, 1.82) is 0 Å². The van der Waals surface area contributed by atoms with E-state index in [4.69, 9.17) is 0 Å². The summed E-state index contributed by atoms with van der Waals surface area (Å²) in [6.45, 7) is 3.38. The van der Waals surface area contributed by atoms with Crippen LogP contribution in [0, 0.1) is 0 Å². The van der Waals surface area contributed by atoms with Gasteiger partial charge in [-0.25, -0.2) is 5.01 Å². The number of hydrogen-bond acceptors (Lipinski definition) is 2. The van der Waals surface area contributed by atoms with Gasteiger partial charge in [0.2, 0.25) is 0 Å². The normalized spacial score (nSPS) is 15.2. The number of unbranched alkanes of at least 4 members (excludes halogenated alkanes) is 9. The first-order valence-corrected chi connectivity index (χ1v) is 11.8. The average Bonchev–Trinajstić information content (AvgIpc) is 2.73. The number of benzene rings is 1. The zero-order valence-corrected chi connectivity index (χ0v) is 19.1. The van der Waals surface area contributed by atoms with E-state index in [0.717, 1.165) is 13.0 Å². The van der Waals surface area contributed by atoms with Crippen LogP contribution in [0.5, 0.6) is 0 Å². The summed E-state index contributed by atoms with van der Waals surface area (Å²) in [6.07, 6.45) is 23.9. The molecular weight excluding hydrogens is 352 g/mol. The Bertz CT molecular complexity index is 640. The topological polar surface area (TPSA) is 6.48 Å². The van der Waals surface area contributed by atoms with Gasteiger partial charge in [-0.05, 0) is 36.1 Å². The average molecular weight is 395 g/mol. The van der Waals surface area contributed by atoms with Crippen LogP contribution in [-0.2, 0) is 0 Å². The van der Waals surface area contributed by atoms with Gasteiger partial charge >= 0.3 is 0 Å². The second kappa shape index (κ2) is 14.2. The highest BCUT2D eigenvalue weighted by atomic mass is 15.6. The van der Waals surface area contributed by atoms with Gasteiger partial charge in [-0.15, -0.1) is 0 Å². The molecule has 0 bridgehead atoms. The number of hydrogen-bond donors (Lipinski definition) is 0. The Labute approximate surface area is 180 Å². The van der Waals surface area contributed by atoms with Crippen molar-refractivity contribution < 1.29 is 0 Å². The predicted octanol–water partition coefficient (Wildman–Crippen LogP) is 7.61. The highest BCUT2D eigenvalue weighted by molar-refractivity contribution is 5.60. The molecule has 0 N–H and O–H groups in total. The van der Waals surface area contributed by atoms with E-state index in [-0.39, 0.29) is 0 Å². The van der Waals surface area contributed by atoms with Crippen LogP contribution in [0.25, 0.3) is 6.08 Å². The molecule has 2 nitrogen and oxygen atoms in total. The van der Waals surface area contributed by atoms with Crippen LogP contribution in [0.3, 0.4) is 0 Å². The van der Waals surface area contributed by atoms with E-state index in [9.17, 15) is 0 Å². The van der Waals surface area contributed by atoms with Crippen molar-refractivity contribution in [2.24, 2.45) is 0 Å². The lowest BCUT2D eigenvalue weighted by molar-refractivity contribution is 0.0663. The first-order valence-electron chi connectivity index (χ1n) is 11.8. The van der Waals surface area contributed by atoms with E-state index < -0.39 is 0 Å². The minimum atomic E-state index is 1.00. The SMILES string of the molecule is CCCCCCCCCCCCN(C1=CC=CCC1=Cc1ccccc1)N(C)C. The van der Waals surface area contributed by atoms with Crippen LogP contribution < -0.4 is 0 Å². The van der Waals surface area contributed by atoms with Crippen molar-refractivity contribution in [2.45, 2.75) is 77.6 Å². The molecule has 0 atom stereocenters. The van der Waals surface area contributed by atoms with E-state index in [0.29, 0.717) is 0 Å². The first-order chi connectivity index (χ1) is 14.2. The van der Waals surface area contributed by atoms with E-state index >= 15 is 0 Å². The summed E-state index contributed by atoms with van der Waals surface area (Å²) in [4.78, 5) is 0. The maximum Gasteiger partial charge on any atom is 0.0557 e. The molecule has 0 fully saturated rings. The number of rotatable bonds is 14. The molecule has 0 aromatic heterocycles. The lowest BCUT2D eigenvalue weighted by Gasteiger charge is -2.35. The molecule has 2 heteroatoms. The molecule has 0 unspecified atom stereocenters. The Kier molecular flexibility index (Phi) is 11.5. The maximum atomic E-state index is 2.45. The van der Waals surface area contributed by atoms with Gasteiger partial charge in [0.25, 0.3) is 0 Å². The predicted molar refractivity (Wildman–Crippen MR) is 128 cm³/mol. The molecule has 0 saturated heterocycles. The van der Waals surface area contributed by atoms with Gasteiger partial charge < -0.3 is 5.01 Å². The van der Waals surface area contributed by atoms with Crippen molar-refractivity contribution in [1.82, 2.24) is 10.0 Å². The molecular formula is C27H42N2. The first kappa shape index (κ1) is 23.5. The van der Waals surface area contributed by atoms with Crippen LogP contribution >= 0.6 is 0 Å². The molecule has 0 aliphatic heterocycles. The fourth-order valence-corrected chi connectivity index (χ4v) is 3.99. The molecule has 1 aliphatic rings. The molecule has 0 spiro atoms. The quantitative estimate of drug-likeness (QED) is 0.236. The van der Waals surface area contributed by atoms with Gasteiger partial charge in [0.05, 0.1) is 5.70 Å². The van der Waals surface area contributed by atoms with E-state index in [1.54, 1.807) is 0 Å². The summed E-state index contributed by atoms with van der Waals surface area (Å²) < 4.78 is 0. The van der Waals surface area contributed by atoms with Gasteiger partial charge in [-0.1, -0.05) is 107 Å². The smallest absolute Gasteiger partial charge is 0.0557 e. The zero-order valence-electron chi connectivity index (χ0n) is 19.1. The van der Waals surface area contributed by atoms with Crippen molar-refractivity contribution >= 4 is 6.08 Å². The highest BCUT2D eigenvalue weighted by Crippen LogP contribution is 2.26. The molecule has 1 aliphatic carbocycles. The maximum absolute atomic E-state index is 2.45. The third-order valence-electron chi connectivity index (χ3n) is 5.68. The summed E-state index contributed by atoms with van der Waals surface area (Å²) in [5.74, 6) is 0. The second-order valence-electron chi connectivity index (χ2n) is 8.42. The molecule has 1 aromatic rings. The van der Waals surface area contributed by atoms with Gasteiger partial charge in [0.15, 0.2) is 0 Å². The zero-order chi connectivity index (χ0) is 20.7. The number of hydrazine groups is 1. The minimum absolute atomic E-state index is 1.00. The molecule has 0 heterocycles. The summed E-state index contributed by atoms with van der Waals surface area (Å²) in [7, 11) is 4.32. The van der Waals surface area contributed by atoms with Crippen LogP contribution in [0.2, 0.25) is 0 Å². The Hall–Kier alpha value is -1.80. The summed E-state index contributed by atoms with van der Waals surface area (Å²) in [6, 6.07) is 10.7. The fourth-order valence-electron chi connectivity index (χ4n) is 3.99. The number of allylic oxidation sites excluding steroid dienone is 4. The van der Waals surface area contributed by atoms with Crippen molar-refractivity contribution in [3.05, 3.63) is 65.4 Å². The largest absolute Gasteiger partial charge is 0.306 e. The van der Waals surface area contributed by atoms with E-state index in [2.05, 4.69) is 85.7 Å². The summed E-state index contributed by atoms with van der Waals surface area (Å²) in [5.41, 5.74) is 4.03. The van der Waals surface area contributed by atoms with Gasteiger partial charge in [-0.2, -0.15) is 0 Å². The molecule has 1 aromatic carbocycles. The van der Waals surface area contributed by atoms with Crippen molar-refractivity contribution in [3.8, 4) is 0 Å². The molecule has 29 heavy (non-hydrogen) atoms. The van der Waals surface area contributed by atoms with Gasteiger partial charge in [-0.3, -0.25) is 0 Å². The molecule has 160 valence electrons. The molecule has 0 amide bonds. The van der Waals surface area contributed by atoms with Crippen LogP contribution in [-0.4, -0.2) is 30.7 Å². The Morgan fingerprint density at radius 1 is 0.828 bits per heavy atom.